The van der Waals surface area contributed by atoms with Crippen molar-refractivity contribution in [3.63, 3.8) is 0 Å². The lowest BCUT2D eigenvalue weighted by molar-refractivity contribution is 0.546. The van der Waals surface area contributed by atoms with Crippen LogP contribution in [0.3, 0.4) is 0 Å². The molecule has 0 atom stereocenters. The third kappa shape index (κ3) is 3.23. The fraction of sp³-hybridized carbons (Fsp3) is 0.0556. The van der Waals surface area contributed by atoms with Crippen molar-refractivity contribution < 1.29 is 4.42 Å². The number of rotatable bonds is 4. The lowest BCUT2D eigenvalue weighted by Gasteiger charge is -1.95. The summed E-state index contributed by atoms with van der Waals surface area (Å²) in [6.07, 6.45) is 6.41. The van der Waals surface area contributed by atoms with E-state index in [-0.39, 0.29) is 0 Å². The molecule has 0 bridgehead atoms. The summed E-state index contributed by atoms with van der Waals surface area (Å²) in [5.74, 6) is 0.639. The van der Waals surface area contributed by atoms with Crippen LogP contribution in [-0.4, -0.2) is 4.98 Å². The molecule has 0 spiro atoms. The maximum absolute atomic E-state index is 5.46. The van der Waals surface area contributed by atoms with Crippen molar-refractivity contribution in [2.24, 2.45) is 0 Å². The molecule has 0 aliphatic carbocycles. The first-order valence-electron chi connectivity index (χ1n) is 6.61. The van der Waals surface area contributed by atoms with E-state index in [2.05, 4.69) is 17.1 Å². The first-order valence-corrected chi connectivity index (χ1v) is 6.61. The molecule has 0 aliphatic rings. The van der Waals surface area contributed by atoms with Crippen LogP contribution in [0.15, 0.2) is 71.3 Å². The number of hydrogen-bond acceptors (Lipinski definition) is 2. The zero-order valence-electron chi connectivity index (χ0n) is 11.1. The van der Waals surface area contributed by atoms with Crippen molar-refractivity contribution >= 4 is 12.2 Å². The Morgan fingerprint density at radius 3 is 2.30 bits per heavy atom. The minimum absolute atomic E-state index is 0.639. The number of nitrogens with zero attached hydrogens (tertiary/aromatic N) is 1. The van der Waals surface area contributed by atoms with E-state index in [1.807, 2.05) is 60.7 Å². The summed E-state index contributed by atoms with van der Waals surface area (Å²) in [7, 11) is 0. The predicted octanol–water partition coefficient (Wildman–Crippen LogP) is 4.44. The monoisotopic (exact) mass is 261 g/mol. The molecule has 0 radical (unpaired) electrons. The van der Waals surface area contributed by atoms with Crippen LogP contribution in [0.5, 0.6) is 0 Å². The van der Waals surface area contributed by atoms with E-state index in [1.165, 1.54) is 5.56 Å². The highest BCUT2D eigenvalue weighted by atomic mass is 16.3. The van der Waals surface area contributed by atoms with Gasteiger partial charge in [0.25, 0.3) is 0 Å². The summed E-state index contributed by atoms with van der Waals surface area (Å²) in [6.45, 7) is 0. The summed E-state index contributed by atoms with van der Waals surface area (Å²) in [5, 5.41) is 0. The number of hydrogen-bond donors (Lipinski definition) is 0. The molecule has 1 aromatic heterocycles. The topological polar surface area (TPSA) is 26.0 Å². The highest BCUT2D eigenvalue weighted by Gasteiger charge is 2.02. The number of aromatic nitrogens is 1. The van der Waals surface area contributed by atoms with Crippen molar-refractivity contribution in [1.82, 2.24) is 4.98 Å². The summed E-state index contributed by atoms with van der Waals surface area (Å²) in [6, 6.07) is 20.4. The van der Waals surface area contributed by atoms with E-state index in [0.717, 1.165) is 17.7 Å². The second-order valence-electron chi connectivity index (χ2n) is 4.58. The summed E-state index contributed by atoms with van der Waals surface area (Å²) in [4.78, 5) is 4.47. The molecule has 3 rings (SSSR count). The summed E-state index contributed by atoms with van der Waals surface area (Å²) in [5.41, 5.74) is 3.32. The molecule has 3 aromatic rings. The molecule has 2 nitrogen and oxygen atoms in total. The molecule has 0 N–H and O–H groups in total. The Morgan fingerprint density at radius 1 is 0.850 bits per heavy atom. The lowest BCUT2D eigenvalue weighted by Crippen LogP contribution is -1.87. The van der Waals surface area contributed by atoms with Crippen LogP contribution in [-0.2, 0) is 6.42 Å². The maximum atomic E-state index is 5.46. The van der Waals surface area contributed by atoms with Gasteiger partial charge in [-0.1, -0.05) is 60.7 Å². The lowest BCUT2D eigenvalue weighted by atomic mass is 10.1. The smallest absolute Gasteiger partial charge is 0.218 e. The first-order chi connectivity index (χ1) is 9.90. The molecule has 98 valence electrons. The van der Waals surface area contributed by atoms with E-state index in [0.29, 0.717) is 5.89 Å². The van der Waals surface area contributed by atoms with Crippen molar-refractivity contribution in [2.75, 3.05) is 0 Å². The van der Waals surface area contributed by atoms with Crippen LogP contribution in [0, 0.1) is 0 Å². The Bertz CT molecular complexity index is 684. The van der Waals surface area contributed by atoms with Gasteiger partial charge in [-0.25, -0.2) is 4.98 Å². The second kappa shape index (κ2) is 6.02. The van der Waals surface area contributed by atoms with E-state index in [1.54, 1.807) is 6.26 Å². The molecular formula is C18H15NO. The molecule has 0 saturated heterocycles. The van der Waals surface area contributed by atoms with Crippen LogP contribution in [0.4, 0.5) is 0 Å². The minimum Gasteiger partial charge on any atom is -0.445 e. The minimum atomic E-state index is 0.639. The van der Waals surface area contributed by atoms with Crippen molar-refractivity contribution in [3.8, 4) is 0 Å². The highest BCUT2D eigenvalue weighted by Crippen LogP contribution is 2.11. The van der Waals surface area contributed by atoms with Crippen LogP contribution < -0.4 is 0 Å². The zero-order valence-corrected chi connectivity index (χ0v) is 11.1. The predicted molar refractivity (Wildman–Crippen MR) is 81.1 cm³/mol. The maximum Gasteiger partial charge on any atom is 0.218 e. The van der Waals surface area contributed by atoms with Gasteiger partial charge < -0.3 is 4.42 Å². The van der Waals surface area contributed by atoms with Gasteiger partial charge in [-0.2, -0.15) is 0 Å². The SMILES string of the molecule is C(=Cc1nc(Cc2ccccc2)co1)c1ccccc1. The zero-order chi connectivity index (χ0) is 13.6. The van der Waals surface area contributed by atoms with Crippen LogP contribution >= 0.6 is 0 Å². The van der Waals surface area contributed by atoms with Gasteiger partial charge in [0.2, 0.25) is 5.89 Å². The third-order valence-electron chi connectivity index (χ3n) is 3.02. The van der Waals surface area contributed by atoms with E-state index >= 15 is 0 Å². The highest BCUT2D eigenvalue weighted by molar-refractivity contribution is 5.65. The van der Waals surface area contributed by atoms with Crippen molar-refractivity contribution in [1.29, 1.82) is 0 Å². The fourth-order valence-electron chi connectivity index (χ4n) is 2.02. The Balaban J connectivity index is 1.70. The first kappa shape index (κ1) is 12.4. The summed E-state index contributed by atoms with van der Waals surface area (Å²) >= 11 is 0. The Kier molecular flexibility index (Phi) is 3.74. The molecule has 0 unspecified atom stereocenters. The van der Waals surface area contributed by atoms with Crippen LogP contribution in [0.25, 0.3) is 12.2 Å². The van der Waals surface area contributed by atoms with Gasteiger partial charge >= 0.3 is 0 Å². The average Bonchev–Trinajstić information content (AvgIpc) is 2.95. The van der Waals surface area contributed by atoms with Crippen molar-refractivity contribution in [2.45, 2.75) is 6.42 Å². The molecule has 1 heterocycles. The second-order valence-corrected chi connectivity index (χ2v) is 4.58. The molecule has 0 aliphatic heterocycles. The average molecular weight is 261 g/mol. The fourth-order valence-corrected chi connectivity index (χ4v) is 2.02. The molecule has 0 amide bonds. The molecule has 0 saturated carbocycles. The Labute approximate surface area is 118 Å². The molecule has 2 aromatic carbocycles. The Hall–Kier alpha value is -2.61. The Morgan fingerprint density at radius 2 is 1.55 bits per heavy atom. The van der Waals surface area contributed by atoms with E-state index in [4.69, 9.17) is 4.42 Å². The van der Waals surface area contributed by atoms with Gasteiger partial charge in [0.05, 0.1) is 5.69 Å². The van der Waals surface area contributed by atoms with Gasteiger partial charge in [0.1, 0.15) is 6.26 Å². The van der Waals surface area contributed by atoms with Crippen LogP contribution in [0.2, 0.25) is 0 Å². The molecule has 0 fully saturated rings. The number of benzene rings is 2. The summed E-state index contributed by atoms with van der Waals surface area (Å²) < 4.78 is 5.46. The number of oxazole rings is 1. The van der Waals surface area contributed by atoms with Gasteiger partial charge in [-0.15, -0.1) is 0 Å². The van der Waals surface area contributed by atoms with Gasteiger partial charge in [-0.05, 0) is 17.2 Å². The third-order valence-corrected chi connectivity index (χ3v) is 3.02. The van der Waals surface area contributed by atoms with Gasteiger partial charge in [-0.3, -0.25) is 0 Å². The van der Waals surface area contributed by atoms with E-state index in [9.17, 15) is 0 Å². The normalized spacial score (nSPS) is 11.0. The van der Waals surface area contributed by atoms with Gasteiger partial charge in [0, 0.05) is 12.5 Å². The van der Waals surface area contributed by atoms with E-state index < -0.39 is 0 Å². The standard InChI is InChI=1S/C18H15NO/c1-3-7-15(8-4-1)11-12-18-19-17(14-20-18)13-16-9-5-2-6-10-16/h1-12,14H,13H2. The van der Waals surface area contributed by atoms with Crippen molar-refractivity contribution in [3.05, 3.63) is 89.6 Å². The van der Waals surface area contributed by atoms with Crippen LogP contribution in [0.1, 0.15) is 22.7 Å². The molecule has 20 heavy (non-hydrogen) atoms. The quantitative estimate of drug-likeness (QED) is 0.694. The molecular weight excluding hydrogens is 246 g/mol. The largest absolute Gasteiger partial charge is 0.445 e. The molecule has 2 heteroatoms. The van der Waals surface area contributed by atoms with Gasteiger partial charge in [0.15, 0.2) is 0 Å².